The summed E-state index contributed by atoms with van der Waals surface area (Å²) in [5.41, 5.74) is -0.681. The topological polar surface area (TPSA) is 46.4 Å². The molecule has 32 heavy (non-hydrogen) atoms. The van der Waals surface area contributed by atoms with Crippen molar-refractivity contribution >= 4 is 28.5 Å². The fraction of sp³-hybridized carbons (Fsp3) is 0.130. The van der Waals surface area contributed by atoms with Gasteiger partial charge < -0.3 is 5.32 Å². The number of nitrogens with one attached hydrogen (secondary N) is 1. The fourth-order valence-electron chi connectivity index (χ4n) is 3.41. The minimum atomic E-state index is -4.74. The number of pyridine rings is 1. The highest BCUT2D eigenvalue weighted by Gasteiger charge is 2.36. The number of carbonyl (C=O) groups excluding carboxylic acids is 1. The largest absolute Gasteiger partial charge is 0.420 e. The second-order valence-corrected chi connectivity index (χ2v) is 8.23. The molecule has 4 aromatic rings. The van der Waals surface area contributed by atoms with E-state index in [1.165, 1.54) is 40.1 Å². The van der Waals surface area contributed by atoms with Crippen molar-refractivity contribution in [2.75, 3.05) is 0 Å². The standard InChI is InChI=1S/C23H17F4N3OS/c1-13(2)20-19(22(31)28-11-17-7-4-8-32-17)29-21-18(23(25,26)27)10-15(12-30(20)21)14-5-3-6-16(24)9-14/h3-10,12H,1,11H2,2H3,(H,28,31). The average molecular weight is 459 g/mol. The van der Waals surface area contributed by atoms with Crippen molar-refractivity contribution in [3.63, 3.8) is 0 Å². The molecule has 0 aliphatic heterocycles. The molecule has 1 amide bonds. The van der Waals surface area contributed by atoms with Crippen LogP contribution in [-0.4, -0.2) is 15.3 Å². The number of allylic oxidation sites excluding steroid dienone is 1. The number of benzene rings is 1. The Morgan fingerprint density at radius 3 is 2.59 bits per heavy atom. The molecule has 0 bridgehead atoms. The van der Waals surface area contributed by atoms with Gasteiger partial charge in [-0.15, -0.1) is 11.3 Å². The van der Waals surface area contributed by atoms with Crippen molar-refractivity contribution in [2.24, 2.45) is 0 Å². The van der Waals surface area contributed by atoms with Crippen molar-refractivity contribution < 1.29 is 22.4 Å². The lowest BCUT2D eigenvalue weighted by Gasteiger charge is -2.13. The number of thiophene rings is 1. The first-order valence-electron chi connectivity index (χ1n) is 9.51. The molecule has 0 saturated heterocycles. The van der Waals surface area contributed by atoms with Crippen LogP contribution in [0.1, 0.15) is 33.5 Å². The quantitative estimate of drug-likeness (QED) is 0.362. The van der Waals surface area contributed by atoms with Crippen LogP contribution in [0.2, 0.25) is 0 Å². The maximum Gasteiger partial charge on any atom is 0.420 e. The van der Waals surface area contributed by atoms with E-state index in [2.05, 4.69) is 16.9 Å². The van der Waals surface area contributed by atoms with Gasteiger partial charge in [0, 0.05) is 11.1 Å². The van der Waals surface area contributed by atoms with Crippen molar-refractivity contribution in [1.82, 2.24) is 14.7 Å². The summed E-state index contributed by atoms with van der Waals surface area (Å²) in [6, 6.07) is 9.86. The zero-order valence-electron chi connectivity index (χ0n) is 16.8. The number of carbonyl (C=O) groups is 1. The molecule has 0 spiro atoms. The van der Waals surface area contributed by atoms with Crippen molar-refractivity contribution in [3.8, 4) is 11.1 Å². The number of fused-ring (bicyclic) bond motifs is 1. The number of nitrogens with zero attached hydrogens (tertiary/aromatic N) is 2. The third-order valence-electron chi connectivity index (χ3n) is 4.81. The van der Waals surface area contributed by atoms with E-state index in [1.54, 1.807) is 6.92 Å². The maximum absolute atomic E-state index is 13.9. The number of amides is 1. The average Bonchev–Trinajstić information content (AvgIpc) is 3.38. The van der Waals surface area contributed by atoms with Gasteiger partial charge in [-0.2, -0.15) is 13.2 Å². The summed E-state index contributed by atoms with van der Waals surface area (Å²) in [5.74, 6) is -1.18. The highest BCUT2D eigenvalue weighted by atomic mass is 32.1. The van der Waals surface area contributed by atoms with Gasteiger partial charge in [-0.05, 0) is 53.3 Å². The summed E-state index contributed by atoms with van der Waals surface area (Å²) in [5, 5.41) is 4.55. The first kappa shape index (κ1) is 21.8. The number of hydrogen-bond acceptors (Lipinski definition) is 3. The molecule has 9 heteroatoms. The van der Waals surface area contributed by atoms with E-state index < -0.39 is 29.1 Å². The highest BCUT2D eigenvalue weighted by molar-refractivity contribution is 7.09. The molecule has 1 N–H and O–H groups in total. The molecule has 1 aromatic carbocycles. The van der Waals surface area contributed by atoms with Gasteiger partial charge in [0.15, 0.2) is 11.3 Å². The Labute approximate surface area is 184 Å². The molecular formula is C23H17F4N3OS. The minimum Gasteiger partial charge on any atom is -0.346 e. The molecule has 0 aliphatic carbocycles. The van der Waals surface area contributed by atoms with Crippen molar-refractivity contribution in [2.45, 2.75) is 19.6 Å². The predicted octanol–water partition coefficient (Wildman–Crippen LogP) is 6.18. The summed E-state index contributed by atoms with van der Waals surface area (Å²) in [6.45, 7) is 5.64. The summed E-state index contributed by atoms with van der Waals surface area (Å²) >= 11 is 1.44. The lowest BCUT2D eigenvalue weighted by atomic mass is 10.0. The maximum atomic E-state index is 13.9. The Bertz CT molecular complexity index is 1320. The van der Waals surface area contributed by atoms with Gasteiger partial charge in [0.05, 0.1) is 17.8 Å². The fourth-order valence-corrected chi connectivity index (χ4v) is 4.05. The second kappa shape index (κ2) is 8.23. The molecule has 0 unspecified atom stereocenters. The Morgan fingerprint density at radius 1 is 1.19 bits per heavy atom. The first-order chi connectivity index (χ1) is 15.1. The van der Waals surface area contributed by atoms with Gasteiger partial charge in [-0.1, -0.05) is 24.8 Å². The van der Waals surface area contributed by atoms with Crippen LogP contribution in [0.25, 0.3) is 22.3 Å². The summed E-state index contributed by atoms with van der Waals surface area (Å²) < 4.78 is 56.7. The van der Waals surface area contributed by atoms with Gasteiger partial charge in [0.1, 0.15) is 5.82 Å². The lowest BCUT2D eigenvalue weighted by Crippen LogP contribution is -2.23. The number of aromatic nitrogens is 2. The SMILES string of the molecule is C=C(C)c1c(C(=O)NCc2cccs2)nc2c(C(F)(F)F)cc(-c3cccc(F)c3)cn12. The molecular weight excluding hydrogens is 442 g/mol. The number of rotatable bonds is 5. The van der Waals surface area contributed by atoms with Crippen LogP contribution in [0.15, 0.2) is 60.6 Å². The minimum absolute atomic E-state index is 0.134. The molecule has 4 nitrogen and oxygen atoms in total. The van der Waals surface area contributed by atoms with E-state index in [0.29, 0.717) is 5.57 Å². The van der Waals surface area contributed by atoms with E-state index in [9.17, 15) is 22.4 Å². The van der Waals surface area contributed by atoms with Crippen LogP contribution in [0.5, 0.6) is 0 Å². The van der Waals surface area contributed by atoms with Crippen LogP contribution >= 0.6 is 11.3 Å². The van der Waals surface area contributed by atoms with Gasteiger partial charge >= 0.3 is 6.18 Å². The molecule has 164 valence electrons. The number of imidazole rings is 1. The third-order valence-corrected chi connectivity index (χ3v) is 5.68. The molecule has 3 heterocycles. The molecule has 0 fully saturated rings. The van der Waals surface area contributed by atoms with Crippen LogP contribution in [0, 0.1) is 5.82 Å². The molecule has 0 radical (unpaired) electrons. The summed E-state index contributed by atoms with van der Waals surface area (Å²) in [4.78, 5) is 17.8. The van der Waals surface area contributed by atoms with Crippen LogP contribution < -0.4 is 5.32 Å². The summed E-state index contributed by atoms with van der Waals surface area (Å²) in [7, 11) is 0. The van der Waals surface area contributed by atoms with E-state index in [-0.39, 0.29) is 29.1 Å². The molecule has 0 aliphatic rings. The highest BCUT2D eigenvalue weighted by Crippen LogP contribution is 2.37. The van der Waals surface area contributed by atoms with Crippen LogP contribution in [-0.2, 0) is 12.7 Å². The Hall–Kier alpha value is -3.46. The Kier molecular flexibility index (Phi) is 5.60. The predicted molar refractivity (Wildman–Crippen MR) is 116 cm³/mol. The number of hydrogen-bond donors (Lipinski definition) is 1. The van der Waals surface area contributed by atoms with E-state index in [4.69, 9.17) is 0 Å². The number of halogens is 4. The molecule has 4 rings (SSSR count). The van der Waals surface area contributed by atoms with Crippen molar-refractivity contribution in [1.29, 1.82) is 0 Å². The van der Waals surface area contributed by atoms with Gasteiger partial charge in [-0.25, -0.2) is 9.37 Å². The van der Waals surface area contributed by atoms with Gasteiger partial charge in [-0.3, -0.25) is 9.20 Å². The Morgan fingerprint density at radius 2 is 1.97 bits per heavy atom. The first-order valence-corrected chi connectivity index (χ1v) is 10.4. The lowest BCUT2D eigenvalue weighted by molar-refractivity contribution is -0.136. The van der Waals surface area contributed by atoms with E-state index in [1.807, 2.05) is 17.5 Å². The zero-order valence-corrected chi connectivity index (χ0v) is 17.6. The van der Waals surface area contributed by atoms with Gasteiger partial charge in [0.2, 0.25) is 0 Å². The van der Waals surface area contributed by atoms with E-state index >= 15 is 0 Å². The molecule has 0 saturated carbocycles. The van der Waals surface area contributed by atoms with Gasteiger partial charge in [0.25, 0.3) is 5.91 Å². The summed E-state index contributed by atoms with van der Waals surface area (Å²) in [6.07, 6.45) is -3.33. The monoisotopic (exact) mass is 459 g/mol. The second-order valence-electron chi connectivity index (χ2n) is 7.20. The third kappa shape index (κ3) is 4.16. The molecule has 3 aromatic heterocycles. The molecule has 0 atom stereocenters. The Balaban J connectivity index is 1.90. The zero-order chi connectivity index (χ0) is 23.0. The smallest absolute Gasteiger partial charge is 0.346 e. The van der Waals surface area contributed by atoms with Crippen LogP contribution in [0.3, 0.4) is 0 Å². The number of alkyl halides is 3. The normalized spacial score (nSPS) is 11.7. The van der Waals surface area contributed by atoms with Crippen LogP contribution in [0.4, 0.5) is 17.6 Å². The van der Waals surface area contributed by atoms with E-state index in [0.717, 1.165) is 17.0 Å². The van der Waals surface area contributed by atoms with Crippen molar-refractivity contribution in [3.05, 3.63) is 88.3 Å².